The van der Waals surface area contributed by atoms with Crippen LogP contribution in [-0.2, 0) is 4.79 Å². The number of hydrogen-bond donors (Lipinski definition) is 0. The van der Waals surface area contributed by atoms with Crippen molar-refractivity contribution in [2.45, 2.75) is 13.8 Å². The van der Waals surface area contributed by atoms with Gasteiger partial charge in [0.05, 0.1) is 10.9 Å². The predicted molar refractivity (Wildman–Crippen MR) is 46.1 cm³/mol. The van der Waals surface area contributed by atoms with Gasteiger partial charge in [0.1, 0.15) is 5.78 Å². The van der Waals surface area contributed by atoms with Crippen molar-refractivity contribution >= 4 is 23.0 Å². The zero-order valence-electron chi connectivity index (χ0n) is 6.84. The number of hydrogen-bond acceptors (Lipinski definition) is 2. The molecule has 0 aliphatic heterocycles. The Morgan fingerprint density at radius 2 is 1.90 bits per heavy atom. The summed E-state index contributed by atoms with van der Waals surface area (Å²) in [6, 6.07) is 0. The monoisotopic (exact) mass is 159 g/mol. The Kier molecular flexibility index (Phi) is 3.50. The second-order valence-corrected chi connectivity index (χ2v) is 2.98. The molecule has 0 spiro atoms. The molecular weight excluding hydrogens is 146 g/mol. The quantitative estimate of drug-likeness (QED) is 0.563. The molecule has 1 atom stereocenters. The lowest BCUT2D eigenvalue weighted by Crippen LogP contribution is -2.29. The lowest BCUT2D eigenvalue weighted by molar-refractivity contribution is -0.118. The van der Waals surface area contributed by atoms with Gasteiger partial charge in [-0.1, -0.05) is 12.2 Å². The summed E-state index contributed by atoms with van der Waals surface area (Å²) < 4.78 is 0. The fourth-order valence-electron chi connectivity index (χ4n) is 0.561. The van der Waals surface area contributed by atoms with E-state index in [4.69, 9.17) is 12.2 Å². The SMILES string of the molecule is CC(=O)C(C)C(=S)N(C)C. The van der Waals surface area contributed by atoms with E-state index >= 15 is 0 Å². The van der Waals surface area contributed by atoms with Crippen molar-refractivity contribution in [2.75, 3.05) is 14.1 Å². The van der Waals surface area contributed by atoms with E-state index in [0.29, 0.717) is 4.99 Å². The minimum Gasteiger partial charge on any atom is -0.372 e. The van der Waals surface area contributed by atoms with Gasteiger partial charge in [0.2, 0.25) is 0 Å². The molecule has 1 unspecified atom stereocenters. The molecule has 0 rings (SSSR count). The largest absolute Gasteiger partial charge is 0.372 e. The number of carbonyl (C=O) groups is 1. The van der Waals surface area contributed by atoms with Crippen molar-refractivity contribution in [1.29, 1.82) is 0 Å². The summed E-state index contributed by atoms with van der Waals surface area (Å²) in [4.78, 5) is 13.3. The minimum absolute atomic E-state index is 0.120. The van der Waals surface area contributed by atoms with Gasteiger partial charge in [-0.05, 0) is 13.8 Å². The molecule has 0 radical (unpaired) electrons. The molecule has 58 valence electrons. The molecule has 0 saturated heterocycles. The fourth-order valence-corrected chi connectivity index (χ4v) is 0.727. The molecule has 0 fully saturated rings. The van der Waals surface area contributed by atoms with Crippen LogP contribution in [-0.4, -0.2) is 29.8 Å². The second-order valence-electron chi connectivity index (χ2n) is 2.57. The third-order valence-electron chi connectivity index (χ3n) is 1.42. The molecule has 0 aromatic carbocycles. The standard InChI is InChI=1S/C7H13NOS/c1-5(6(2)9)7(10)8(3)4/h5H,1-4H3. The van der Waals surface area contributed by atoms with Gasteiger partial charge in [0, 0.05) is 14.1 Å². The third-order valence-corrected chi connectivity index (χ3v) is 2.14. The van der Waals surface area contributed by atoms with Gasteiger partial charge < -0.3 is 4.90 Å². The molecular formula is C7H13NOS. The van der Waals surface area contributed by atoms with Crippen molar-refractivity contribution in [3.63, 3.8) is 0 Å². The maximum atomic E-state index is 10.8. The molecule has 0 amide bonds. The maximum Gasteiger partial charge on any atom is 0.139 e. The van der Waals surface area contributed by atoms with Crippen molar-refractivity contribution in [2.24, 2.45) is 5.92 Å². The molecule has 0 aliphatic carbocycles. The van der Waals surface area contributed by atoms with Crippen molar-refractivity contribution in [3.8, 4) is 0 Å². The van der Waals surface area contributed by atoms with Gasteiger partial charge in [-0.25, -0.2) is 0 Å². The molecule has 0 aromatic heterocycles. The topological polar surface area (TPSA) is 20.3 Å². The van der Waals surface area contributed by atoms with E-state index in [1.807, 2.05) is 21.0 Å². The van der Waals surface area contributed by atoms with Gasteiger partial charge in [-0.15, -0.1) is 0 Å². The van der Waals surface area contributed by atoms with Crippen LogP contribution >= 0.6 is 12.2 Å². The Balaban J connectivity index is 4.08. The number of Topliss-reactive ketones (excluding diaryl/α,β-unsaturated/α-hetero) is 1. The number of ketones is 1. The highest BCUT2D eigenvalue weighted by molar-refractivity contribution is 7.80. The predicted octanol–water partition coefficient (Wildman–Crippen LogP) is 1.10. The van der Waals surface area contributed by atoms with Crippen LogP contribution in [0.15, 0.2) is 0 Å². The van der Waals surface area contributed by atoms with Crippen molar-refractivity contribution in [1.82, 2.24) is 4.90 Å². The van der Waals surface area contributed by atoms with Crippen LogP contribution in [0, 0.1) is 5.92 Å². The summed E-state index contributed by atoms with van der Waals surface area (Å²) in [6.45, 7) is 3.38. The van der Waals surface area contributed by atoms with Crippen molar-refractivity contribution in [3.05, 3.63) is 0 Å². The normalized spacial score (nSPS) is 12.4. The number of nitrogens with zero attached hydrogens (tertiary/aromatic N) is 1. The average Bonchev–Trinajstić information content (AvgIpc) is 1.84. The summed E-state index contributed by atoms with van der Waals surface area (Å²) in [7, 11) is 3.70. The van der Waals surface area contributed by atoms with Gasteiger partial charge in [-0.2, -0.15) is 0 Å². The highest BCUT2D eigenvalue weighted by Gasteiger charge is 2.14. The Morgan fingerprint density at radius 1 is 1.50 bits per heavy atom. The van der Waals surface area contributed by atoms with Crippen molar-refractivity contribution < 1.29 is 4.79 Å². The lowest BCUT2D eigenvalue weighted by Gasteiger charge is -2.17. The van der Waals surface area contributed by atoms with E-state index < -0.39 is 0 Å². The third kappa shape index (κ3) is 2.43. The van der Waals surface area contributed by atoms with E-state index in [1.54, 1.807) is 11.8 Å². The Bertz CT molecular complexity index is 154. The van der Waals surface area contributed by atoms with E-state index in [0.717, 1.165) is 0 Å². The summed E-state index contributed by atoms with van der Waals surface area (Å²) in [5.41, 5.74) is 0. The fraction of sp³-hybridized carbons (Fsp3) is 0.714. The van der Waals surface area contributed by atoms with Crippen LogP contribution in [0.3, 0.4) is 0 Å². The van der Waals surface area contributed by atoms with Gasteiger partial charge in [0.15, 0.2) is 0 Å². The molecule has 0 aliphatic rings. The van der Waals surface area contributed by atoms with Crippen LogP contribution < -0.4 is 0 Å². The first-order valence-corrected chi connectivity index (χ1v) is 3.59. The van der Waals surface area contributed by atoms with Gasteiger partial charge in [0.25, 0.3) is 0 Å². The molecule has 0 aromatic rings. The summed E-state index contributed by atoms with van der Waals surface area (Å²) >= 11 is 4.98. The number of carbonyl (C=O) groups excluding carboxylic acids is 1. The van der Waals surface area contributed by atoms with Gasteiger partial charge in [-0.3, -0.25) is 4.79 Å². The Labute approximate surface area is 67.2 Å². The highest BCUT2D eigenvalue weighted by atomic mass is 32.1. The smallest absolute Gasteiger partial charge is 0.139 e. The van der Waals surface area contributed by atoms with E-state index in [9.17, 15) is 4.79 Å². The molecule has 10 heavy (non-hydrogen) atoms. The van der Waals surface area contributed by atoms with Crippen LogP contribution in [0.25, 0.3) is 0 Å². The first kappa shape index (κ1) is 9.56. The van der Waals surface area contributed by atoms with Crippen LogP contribution in [0.4, 0.5) is 0 Å². The first-order chi connectivity index (χ1) is 4.46. The van der Waals surface area contributed by atoms with E-state index in [2.05, 4.69) is 0 Å². The molecule has 3 heteroatoms. The maximum absolute atomic E-state index is 10.8. The molecule has 0 N–H and O–H groups in total. The molecule has 0 saturated carbocycles. The van der Waals surface area contributed by atoms with Crippen LogP contribution in [0.5, 0.6) is 0 Å². The van der Waals surface area contributed by atoms with Crippen LogP contribution in [0.1, 0.15) is 13.8 Å². The summed E-state index contributed by atoms with van der Waals surface area (Å²) in [5.74, 6) is 0.00343. The Hall–Kier alpha value is -0.440. The molecule has 0 bridgehead atoms. The first-order valence-electron chi connectivity index (χ1n) is 3.18. The summed E-state index contributed by atoms with van der Waals surface area (Å²) in [6.07, 6.45) is 0. The lowest BCUT2D eigenvalue weighted by atomic mass is 10.1. The zero-order chi connectivity index (χ0) is 8.31. The summed E-state index contributed by atoms with van der Waals surface area (Å²) in [5, 5.41) is 0. The molecule has 2 nitrogen and oxygen atoms in total. The zero-order valence-corrected chi connectivity index (χ0v) is 7.66. The second kappa shape index (κ2) is 3.66. The van der Waals surface area contributed by atoms with E-state index in [-0.39, 0.29) is 11.7 Å². The van der Waals surface area contributed by atoms with E-state index in [1.165, 1.54) is 0 Å². The number of rotatable bonds is 2. The highest BCUT2D eigenvalue weighted by Crippen LogP contribution is 2.02. The average molecular weight is 159 g/mol. The minimum atomic E-state index is -0.120. The van der Waals surface area contributed by atoms with Gasteiger partial charge >= 0.3 is 0 Å². The number of thiocarbonyl (C=S) groups is 1. The molecule has 0 heterocycles. The Morgan fingerprint density at radius 3 is 2.00 bits per heavy atom. The van der Waals surface area contributed by atoms with Crippen LogP contribution in [0.2, 0.25) is 0 Å².